The lowest BCUT2D eigenvalue weighted by Crippen LogP contribution is -2.36. The van der Waals surface area contributed by atoms with Gasteiger partial charge < -0.3 is 15.1 Å². The molecular formula is C29H30ClN5O2. The highest BCUT2D eigenvalue weighted by molar-refractivity contribution is 6.33. The second-order valence-electron chi connectivity index (χ2n) is 9.06. The molecule has 2 amide bonds. The Balaban J connectivity index is 1.47. The third-order valence-electron chi connectivity index (χ3n) is 5.83. The summed E-state index contributed by atoms with van der Waals surface area (Å²) in [7, 11) is 3.99. The number of benzene rings is 3. The summed E-state index contributed by atoms with van der Waals surface area (Å²) in [6.07, 6.45) is 3.60. The Bertz CT molecular complexity index is 1350. The van der Waals surface area contributed by atoms with E-state index >= 15 is 0 Å². The van der Waals surface area contributed by atoms with Crippen LogP contribution in [0.2, 0.25) is 5.02 Å². The number of amides is 2. The first-order valence-electron chi connectivity index (χ1n) is 12.1. The molecule has 0 aliphatic heterocycles. The summed E-state index contributed by atoms with van der Waals surface area (Å²) < 4.78 is 1.68. The number of rotatable bonds is 10. The Morgan fingerprint density at radius 3 is 2.43 bits per heavy atom. The van der Waals surface area contributed by atoms with Gasteiger partial charge in [0.05, 0.1) is 29.0 Å². The first kappa shape index (κ1) is 26.1. The molecule has 1 aromatic heterocycles. The van der Waals surface area contributed by atoms with Crippen LogP contribution in [-0.2, 0) is 17.8 Å². The summed E-state index contributed by atoms with van der Waals surface area (Å²) in [6.45, 7) is 1.90. The van der Waals surface area contributed by atoms with E-state index in [1.54, 1.807) is 29.2 Å². The van der Waals surface area contributed by atoms with Gasteiger partial charge in [0.25, 0.3) is 5.91 Å². The fourth-order valence-corrected chi connectivity index (χ4v) is 4.06. The van der Waals surface area contributed by atoms with Crippen LogP contribution in [-0.4, -0.2) is 58.6 Å². The number of likely N-dealkylation sites (N-methyl/N-ethyl adjacent to an activating group) is 1. The topological polar surface area (TPSA) is 70.5 Å². The van der Waals surface area contributed by atoms with Crippen molar-refractivity contribution in [1.82, 2.24) is 19.6 Å². The number of nitrogens with one attached hydrogen (secondary N) is 1. The summed E-state index contributed by atoms with van der Waals surface area (Å²) in [4.78, 5) is 29.9. The fraction of sp³-hybridized carbons (Fsp3) is 0.207. The summed E-state index contributed by atoms with van der Waals surface area (Å²) >= 11 is 6.13. The molecule has 0 radical (unpaired) electrons. The summed E-state index contributed by atoms with van der Waals surface area (Å²) in [5.41, 5.74) is 3.73. The van der Waals surface area contributed by atoms with Gasteiger partial charge in [-0.15, -0.1) is 0 Å². The van der Waals surface area contributed by atoms with E-state index in [1.807, 2.05) is 85.7 Å². The van der Waals surface area contributed by atoms with Gasteiger partial charge in [-0.25, -0.2) is 4.68 Å². The molecular weight excluding hydrogens is 486 g/mol. The third-order valence-corrected chi connectivity index (χ3v) is 6.16. The second kappa shape index (κ2) is 12.3. The van der Waals surface area contributed by atoms with Crippen molar-refractivity contribution in [3.63, 3.8) is 0 Å². The molecule has 0 spiro atoms. The van der Waals surface area contributed by atoms with Gasteiger partial charge in [-0.05, 0) is 55.6 Å². The van der Waals surface area contributed by atoms with Crippen molar-refractivity contribution in [2.75, 3.05) is 32.5 Å². The van der Waals surface area contributed by atoms with E-state index in [2.05, 4.69) is 15.3 Å². The number of anilines is 1. The molecule has 0 bridgehead atoms. The number of aromatic nitrogens is 2. The van der Waals surface area contributed by atoms with Crippen LogP contribution in [0.3, 0.4) is 0 Å². The standard InChI is InChI=1S/C29H30ClN5O2/c1-33(2)15-16-34(20-22-9-4-3-5-10-22)29(37)24-11-8-12-25(18-24)35-21-23(19-31-35)17-28(36)32-27-14-7-6-13-26(27)30/h3-14,18-19,21H,15-17,20H2,1-2H3,(H,32,36). The molecule has 4 rings (SSSR count). The van der Waals surface area contributed by atoms with Gasteiger partial charge in [-0.3, -0.25) is 9.59 Å². The Morgan fingerprint density at radius 1 is 0.919 bits per heavy atom. The molecule has 0 aliphatic rings. The Kier molecular flexibility index (Phi) is 8.72. The molecule has 1 N–H and O–H groups in total. The van der Waals surface area contributed by atoms with Crippen LogP contribution in [0.5, 0.6) is 0 Å². The summed E-state index contributed by atoms with van der Waals surface area (Å²) in [5.74, 6) is -0.229. The smallest absolute Gasteiger partial charge is 0.254 e. The highest BCUT2D eigenvalue weighted by atomic mass is 35.5. The van der Waals surface area contributed by atoms with Crippen molar-refractivity contribution in [2.24, 2.45) is 0 Å². The van der Waals surface area contributed by atoms with E-state index < -0.39 is 0 Å². The van der Waals surface area contributed by atoms with E-state index in [0.29, 0.717) is 29.4 Å². The Labute approximate surface area is 222 Å². The van der Waals surface area contributed by atoms with Crippen LogP contribution in [0.1, 0.15) is 21.5 Å². The van der Waals surface area contributed by atoms with Gasteiger partial charge in [0.1, 0.15) is 0 Å². The quantitative estimate of drug-likeness (QED) is 0.326. The van der Waals surface area contributed by atoms with Gasteiger partial charge in [0.15, 0.2) is 0 Å². The van der Waals surface area contributed by atoms with Crippen LogP contribution in [0.15, 0.2) is 91.3 Å². The first-order valence-corrected chi connectivity index (χ1v) is 12.4. The van der Waals surface area contributed by atoms with Crippen molar-refractivity contribution in [3.8, 4) is 5.69 Å². The van der Waals surface area contributed by atoms with Gasteiger partial charge in [-0.2, -0.15) is 5.10 Å². The number of hydrogen-bond acceptors (Lipinski definition) is 4. The molecule has 37 heavy (non-hydrogen) atoms. The van der Waals surface area contributed by atoms with Crippen LogP contribution in [0, 0.1) is 0 Å². The number of carbonyl (C=O) groups excluding carboxylic acids is 2. The summed E-state index contributed by atoms with van der Waals surface area (Å²) in [5, 5.41) is 7.72. The zero-order valence-electron chi connectivity index (χ0n) is 21.0. The molecule has 1 heterocycles. The van der Waals surface area contributed by atoms with Gasteiger partial charge in [-0.1, -0.05) is 60.1 Å². The van der Waals surface area contributed by atoms with Gasteiger partial charge in [0, 0.05) is 31.4 Å². The van der Waals surface area contributed by atoms with Crippen LogP contribution >= 0.6 is 11.6 Å². The van der Waals surface area contributed by atoms with Crippen LogP contribution in [0.4, 0.5) is 5.69 Å². The van der Waals surface area contributed by atoms with Crippen molar-refractivity contribution in [2.45, 2.75) is 13.0 Å². The predicted octanol–water partition coefficient (Wildman–Crippen LogP) is 4.91. The van der Waals surface area contributed by atoms with E-state index in [0.717, 1.165) is 23.4 Å². The Morgan fingerprint density at radius 2 is 1.68 bits per heavy atom. The SMILES string of the molecule is CN(C)CCN(Cc1ccccc1)C(=O)c1cccc(-n2cc(CC(=O)Nc3ccccc3Cl)cn2)c1. The molecule has 0 unspecified atom stereocenters. The van der Waals surface area contributed by atoms with Crippen molar-refractivity contribution < 1.29 is 9.59 Å². The molecule has 190 valence electrons. The molecule has 4 aromatic rings. The maximum absolute atomic E-state index is 13.5. The minimum Gasteiger partial charge on any atom is -0.333 e. The van der Waals surface area contributed by atoms with Crippen LogP contribution in [0.25, 0.3) is 5.69 Å². The zero-order valence-corrected chi connectivity index (χ0v) is 21.7. The molecule has 8 heteroatoms. The highest BCUT2D eigenvalue weighted by Crippen LogP contribution is 2.21. The van der Waals surface area contributed by atoms with Crippen molar-refractivity contribution in [3.05, 3.63) is 113 Å². The van der Waals surface area contributed by atoms with Crippen molar-refractivity contribution in [1.29, 1.82) is 0 Å². The van der Waals surface area contributed by atoms with E-state index in [4.69, 9.17) is 11.6 Å². The minimum atomic E-state index is -0.186. The number of hydrogen-bond donors (Lipinski definition) is 1. The van der Waals surface area contributed by atoms with Gasteiger partial charge >= 0.3 is 0 Å². The van der Waals surface area contributed by atoms with Crippen molar-refractivity contribution >= 4 is 29.1 Å². The molecule has 3 aromatic carbocycles. The minimum absolute atomic E-state index is 0.0425. The first-order chi connectivity index (χ1) is 17.9. The lowest BCUT2D eigenvalue weighted by molar-refractivity contribution is -0.115. The van der Waals surface area contributed by atoms with E-state index in [1.165, 1.54) is 0 Å². The molecule has 0 fully saturated rings. The monoisotopic (exact) mass is 515 g/mol. The maximum atomic E-state index is 13.5. The average molecular weight is 516 g/mol. The third kappa shape index (κ3) is 7.29. The number of para-hydroxylation sites is 1. The second-order valence-corrected chi connectivity index (χ2v) is 9.47. The summed E-state index contributed by atoms with van der Waals surface area (Å²) in [6, 6.07) is 24.5. The number of halogens is 1. The Hall–Kier alpha value is -3.94. The van der Waals surface area contributed by atoms with Crippen LogP contribution < -0.4 is 5.32 Å². The number of carbonyl (C=O) groups is 2. The largest absolute Gasteiger partial charge is 0.333 e. The van der Waals surface area contributed by atoms with E-state index in [9.17, 15) is 9.59 Å². The van der Waals surface area contributed by atoms with E-state index in [-0.39, 0.29) is 18.2 Å². The fourth-order valence-electron chi connectivity index (χ4n) is 3.88. The lowest BCUT2D eigenvalue weighted by Gasteiger charge is -2.25. The van der Waals surface area contributed by atoms with Gasteiger partial charge in [0.2, 0.25) is 5.91 Å². The normalized spacial score (nSPS) is 10.9. The maximum Gasteiger partial charge on any atom is 0.254 e. The average Bonchev–Trinajstić information content (AvgIpc) is 3.36. The molecule has 0 aliphatic carbocycles. The number of nitrogens with zero attached hydrogens (tertiary/aromatic N) is 4. The zero-order chi connectivity index (χ0) is 26.2. The molecule has 0 saturated heterocycles. The molecule has 0 atom stereocenters. The molecule has 0 saturated carbocycles. The highest BCUT2D eigenvalue weighted by Gasteiger charge is 2.17. The predicted molar refractivity (Wildman–Crippen MR) is 147 cm³/mol. The molecule has 7 nitrogen and oxygen atoms in total. The lowest BCUT2D eigenvalue weighted by atomic mass is 10.1.